The van der Waals surface area contributed by atoms with Crippen molar-refractivity contribution in [1.82, 2.24) is 5.32 Å². The summed E-state index contributed by atoms with van der Waals surface area (Å²) in [6, 6.07) is -0.804. The van der Waals surface area contributed by atoms with E-state index < -0.39 is 17.4 Å². The van der Waals surface area contributed by atoms with Crippen molar-refractivity contribution in [2.24, 2.45) is 11.1 Å². The second kappa shape index (κ2) is 8.52. The Balaban J connectivity index is 2.71. The number of carbonyl (C=O) groups is 2. The zero-order valence-corrected chi connectivity index (χ0v) is 13.0. The highest BCUT2D eigenvalue weighted by atomic mass is 32.2. The molecule has 20 heavy (non-hydrogen) atoms. The van der Waals surface area contributed by atoms with E-state index in [9.17, 15) is 14.7 Å². The molecule has 1 amide bonds. The van der Waals surface area contributed by atoms with Gasteiger partial charge in [-0.05, 0) is 31.3 Å². The molecule has 0 saturated heterocycles. The Kier molecular flexibility index (Phi) is 7.37. The van der Waals surface area contributed by atoms with E-state index in [1.807, 2.05) is 6.26 Å². The number of thioether (sulfide) groups is 1. The van der Waals surface area contributed by atoms with Gasteiger partial charge in [0.2, 0.25) is 5.91 Å². The lowest BCUT2D eigenvalue weighted by Gasteiger charge is -2.31. The van der Waals surface area contributed by atoms with Crippen molar-refractivity contribution in [3.05, 3.63) is 0 Å². The predicted molar refractivity (Wildman–Crippen MR) is 81.8 cm³/mol. The number of nitrogens with two attached hydrogens (primary N) is 1. The van der Waals surface area contributed by atoms with Gasteiger partial charge in [0.05, 0.1) is 5.41 Å². The molecule has 0 spiro atoms. The van der Waals surface area contributed by atoms with Gasteiger partial charge in [-0.2, -0.15) is 11.8 Å². The first-order chi connectivity index (χ1) is 9.55. The summed E-state index contributed by atoms with van der Waals surface area (Å²) < 4.78 is 0. The number of hydrogen-bond donors (Lipinski definition) is 3. The minimum Gasteiger partial charge on any atom is -0.480 e. The first-order valence-corrected chi connectivity index (χ1v) is 8.68. The maximum atomic E-state index is 12.5. The highest BCUT2D eigenvalue weighted by Crippen LogP contribution is 2.34. The minimum atomic E-state index is -0.965. The molecule has 0 bridgehead atoms. The number of carboxylic acid groups (broad SMARTS) is 1. The first-order valence-electron chi connectivity index (χ1n) is 7.28. The molecule has 1 aliphatic carbocycles. The standard InChI is InChI=1S/C14H26N2O3S/c1-20-9-6-11(12(17)18)16-13(19)14(10-15)7-4-2-3-5-8-14/h11H,2-10,15H2,1H3,(H,16,19)(H,17,18). The van der Waals surface area contributed by atoms with Crippen molar-refractivity contribution < 1.29 is 14.7 Å². The van der Waals surface area contributed by atoms with Crippen LogP contribution in [0.5, 0.6) is 0 Å². The Morgan fingerprint density at radius 2 is 1.90 bits per heavy atom. The summed E-state index contributed by atoms with van der Waals surface area (Å²) in [4.78, 5) is 23.7. The fourth-order valence-corrected chi connectivity index (χ4v) is 3.21. The molecule has 4 N–H and O–H groups in total. The molecule has 6 heteroatoms. The average Bonchev–Trinajstić information content (AvgIpc) is 2.69. The fraction of sp³-hybridized carbons (Fsp3) is 0.857. The first kappa shape index (κ1) is 17.3. The number of carboxylic acids is 1. The summed E-state index contributed by atoms with van der Waals surface area (Å²) in [6.45, 7) is 0.299. The fourth-order valence-electron chi connectivity index (χ4n) is 2.73. The van der Waals surface area contributed by atoms with E-state index in [1.54, 1.807) is 11.8 Å². The second-order valence-corrected chi connectivity index (χ2v) is 6.53. The summed E-state index contributed by atoms with van der Waals surface area (Å²) >= 11 is 1.58. The summed E-state index contributed by atoms with van der Waals surface area (Å²) in [6.07, 6.45) is 8.15. The van der Waals surface area contributed by atoms with Crippen LogP contribution in [0.1, 0.15) is 44.9 Å². The second-order valence-electron chi connectivity index (χ2n) is 5.54. The van der Waals surface area contributed by atoms with Gasteiger partial charge in [-0.3, -0.25) is 4.79 Å². The van der Waals surface area contributed by atoms with E-state index >= 15 is 0 Å². The Bertz CT molecular complexity index is 328. The van der Waals surface area contributed by atoms with Gasteiger partial charge < -0.3 is 16.2 Å². The molecule has 0 aromatic carbocycles. The number of hydrogen-bond acceptors (Lipinski definition) is 4. The Hall–Kier alpha value is -0.750. The Morgan fingerprint density at radius 3 is 2.35 bits per heavy atom. The molecule has 0 heterocycles. The van der Waals surface area contributed by atoms with E-state index in [4.69, 9.17) is 5.73 Å². The quantitative estimate of drug-likeness (QED) is 0.621. The molecule has 1 rings (SSSR count). The smallest absolute Gasteiger partial charge is 0.326 e. The van der Waals surface area contributed by atoms with Crippen LogP contribution in [-0.2, 0) is 9.59 Å². The van der Waals surface area contributed by atoms with E-state index in [1.165, 1.54) is 0 Å². The molecule has 5 nitrogen and oxygen atoms in total. The van der Waals surface area contributed by atoms with Crippen molar-refractivity contribution in [3.8, 4) is 0 Å². The molecular formula is C14H26N2O3S. The summed E-state index contributed by atoms with van der Waals surface area (Å²) in [5.41, 5.74) is 5.28. The summed E-state index contributed by atoms with van der Waals surface area (Å²) in [5.74, 6) is -0.420. The van der Waals surface area contributed by atoms with Crippen LogP contribution in [-0.4, -0.2) is 41.6 Å². The van der Waals surface area contributed by atoms with Crippen LogP contribution in [0.15, 0.2) is 0 Å². The Labute approximate surface area is 125 Å². The van der Waals surface area contributed by atoms with Gasteiger partial charge in [-0.15, -0.1) is 0 Å². The van der Waals surface area contributed by atoms with Crippen molar-refractivity contribution in [2.75, 3.05) is 18.6 Å². The molecule has 0 aromatic rings. The van der Waals surface area contributed by atoms with Gasteiger partial charge in [-0.25, -0.2) is 4.79 Å². The van der Waals surface area contributed by atoms with E-state index in [0.29, 0.717) is 18.7 Å². The van der Waals surface area contributed by atoms with Gasteiger partial charge in [0.1, 0.15) is 6.04 Å². The average molecular weight is 302 g/mol. The third kappa shape index (κ3) is 4.66. The van der Waals surface area contributed by atoms with Crippen LogP contribution in [0.3, 0.4) is 0 Å². The topological polar surface area (TPSA) is 92.4 Å². The van der Waals surface area contributed by atoms with Crippen LogP contribution >= 0.6 is 11.8 Å². The van der Waals surface area contributed by atoms with Crippen LogP contribution in [0.2, 0.25) is 0 Å². The molecule has 1 aliphatic rings. The lowest BCUT2D eigenvalue weighted by Crippen LogP contribution is -2.51. The highest BCUT2D eigenvalue weighted by molar-refractivity contribution is 7.98. The van der Waals surface area contributed by atoms with Gasteiger partial charge in [0, 0.05) is 6.54 Å². The van der Waals surface area contributed by atoms with Gasteiger partial charge >= 0.3 is 5.97 Å². The van der Waals surface area contributed by atoms with Gasteiger partial charge in [-0.1, -0.05) is 25.7 Å². The molecule has 116 valence electrons. The van der Waals surface area contributed by atoms with Crippen molar-refractivity contribution in [3.63, 3.8) is 0 Å². The van der Waals surface area contributed by atoms with Crippen LogP contribution in [0, 0.1) is 5.41 Å². The number of aliphatic carboxylic acids is 1. The maximum Gasteiger partial charge on any atom is 0.326 e. The number of amides is 1. The monoisotopic (exact) mass is 302 g/mol. The molecule has 0 aromatic heterocycles. The molecule has 1 atom stereocenters. The van der Waals surface area contributed by atoms with Crippen molar-refractivity contribution in [1.29, 1.82) is 0 Å². The number of nitrogens with one attached hydrogen (secondary N) is 1. The van der Waals surface area contributed by atoms with Crippen LogP contribution < -0.4 is 11.1 Å². The minimum absolute atomic E-state index is 0.171. The molecule has 0 aliphatic heterocycles. The predicted octanol–water partition coefficient (Wildman–Crippen LogP) is 1.61. The molecular weight excluding hydrogens is 276 g/mol. The Morgan fingerprint density at radius 1 is 1.30 bits per heavy atom. The van der Waals surface area contributed by atoms with Crippen molar-refractivity contribution in [2.45, 2.75) is 51.0 Å². The molecule has 1 saturated carbocycles. The molecule has 1 fully saturated rings. The van der Waals surface area contributed by atoms with Crippen LogP contribution in [0.25, 0.3) is 0 Å². The SMILES string of the molecule is CSCCC(NC(=O)C1(CN)CCCCCC1)C(=O)O. The third-order valence-corrected chi connectivity index (χ3v) is 4.79. The summed E-state index contributed by atoms with van der Waals surface area (Å²) in [7, 11) is 0. The van der Waals surface area contributed by atoms with Crippen molar-refractivity contribution >= 4 is 23.6 Å². The lowest BCUT2D eigenvalue weighted by molar-refractivity contribution is -0.144. The zero-order valence-electron chi connectivity index (χ0n) is 12.2. The van der Waals surface area contributed by atoms with Gasteiger partial charge in [0.15, 0.2) is 0 Å². The largest absolute Gasteiger partial charge is 0.480 e. The zero-order chi connectivity index (χ0) is 15.0. The summed E-state index contributed by atoms with van der Waals surface area (Å²) in [5, 5.41) is 11.9. The number of carbonyl (C=O) groups excluding carboxylic acids is 1. The molecule has 1 unspecified atom stereocenters. The maximum absolute atomic E-state index is 12.5. The number of rotatable bonds is 7. The highest BCUT2D eigenvalue weighted by Gasteiger charge is 2.38. The molecule has 0 radical (unpaired) electrons. The van der Waals surface area contributed by atoms with Gasteiger partial charge in [0.25, 0.3) is 0 Å². The normalized spacial score (nSPS) is 19.9. The lowest BCUT2D eigenvalue weighted by atomic mass is 9.79. The van der Waals surface area contributed by atoms with E-state index in [0.717, 1.165) is 38.5 Å². The van der Waals surface area contributed by atoms with E-state index in [2.05, 4.69) is 5.32 Å². The van der Waals surface area contributed by atoms with E-state index in [-0.39, 0.29) is 5.91 Å². The van der Waals surface area contributed by atoms with Crippen LogP contribution in [0.4, 0.5) is 0 Å². The third-order valence-electron chi connectivity index (χ3n) is 4.15.